The monoisotopic (exact) mass is 608 g/mol. The van der Waals surface area contributed by atoms with Crippen LogP contribution in [0.1, 0.15) is 40.0 Å². The first-order valence-corrected chi connectivity index (χ1v) is 14.5. The van der Waals surface area contributed by atoms with Gasteiger partial charge in [0.25, 0.3) is 0 Å². The Morgan fingerprint density at radius 3 is 2.41 bits per heavy atom. The Morgan fingerprint density at radius 1 is 0.955 bits per heavy atom. The zero-order chi connectivity index (χ0) is 31.5. The fourth-order valence-corrected chi connectivity index (χ4v) is 5.21. The molecule has 1 saturated heterocycles. The fourth-order valence-electron chi connectivity index (χ4n) is 5.21. The molecule has 2 N–H and O–H groups in total. The molecule has 44 heavy (non-hydrogen) atoms. The third kappa shape index (κ3) is 8.06. The van der Waals surface area contributed by atoms with Crippen molar-refractivity contribution in [2.24, 2.45) is 5.92 Å². The number of pyridine rings is 2. The van der Waals surface area contributed by atoms with Crippen molar-refractivity contribution in [2.45, 2.75) is 51.8 Å². The second-order valence-corrected chi connectivity index (χ2v) is 11.9. The van der Waals surface area contributed by atoms with Gasteiger partial charge in [-0.3, -0.25) is 9.20 Å². The van der Waals surface area contributed by atoms with E-state index in [2.05, 4.69) is 15.2 Å². The van der Waals surface area contributed by atoms with Crippen molar-refractivity contribution in [1.29, 1.82) is 0 Å². The number of nitrogens with zero attached hydrogens (tertiary/aromatic N) is 4. The number of piperidine rings is 1. The van der Waals surface area contributed by atoms with Gasteiger partial charge in [0, 0.05) is 48.7 Å². The highest BCUT2D eigenvalue weighted by atomic mass is 19.4. The van der Waals surface area contributed by atoms with E-state index in [9.17, 15) is 22.8 Å². The number of aromatic nitrogens is 3. The highest BCUT2D eigenvalue weighted by Gasteiger charge is 2.28. The Balaban J connectivity index is 1.21. The summed E-state index contributed by atoms with van der Waals surface area (Å²) in [5.41, 5.74) is 3.97. The van der Waals surface area contributed by atoms with E-state index in [0.29, 0.717) is 23.7 Å². The average molecular weight is 609 g/mol. The lowest BCUT2D eigenvalue weighted by atomic mass is 9.93. The van der Waals surface area contributed by atoms with E-state index >= 15 is 0 Å². The first-order chi connectivity index (χ1) is 20.8. The van der Waals surface area contributed by atoms with Crippen LogP contribution in [0.5, 0.6) is 0 Å². The van der Waals surface area contributed by atoms with Gasteiger partial charge < -0.3 is 20.3 Å². The van der Waals surface area contributed by atoms with Crippen molar-refractivity contribution in [3.05, 3.63) is 67.1 Å². The van der Waals surface area contributed by atoms with E-state index in [4.69, 9.17) is 9.72 Å². The van der Waals surface area contributed by atoms with Crippen molar-refractivity contribution in [1.82, 2.24) is 19.7 Å². The molecular formula is C32H35F3N6O3. The van der Waals surface area contributed by atoms with Crippen molar-refractivity contribution in [3.8, 4) is 22.4 Å². The van der Waals surface area contributed by atoms with E-state index < -0.39 is 24.4 Å². The summed E-state index contributed by atoms with van der Waals surface area (Å²) in [5, 5.41) is 4.23. The number of nitrogens with one attached hydrogen (secondary N) is 2. The minimum absolute atomic E-state index is 0.141. The summed E-state index contributed by atoms with van der Waals surface area (Å²) in [6, 6.07) is 13.8. The number of benzene rings is 1. The molecule has 2 amide bonds. The normalized spacial score (nSPS) is 14.5. The first-order valence-electron chi connectivity index (χ1n) is 14.5. The maximum Gasteiger partial charge on any atom is 0.405 e. The molecule has 0 radical (unpaired) electrons. The summed E-state index contributed by atoms with van der Waals surface area (Å²) < 4.78 is 44.6. The summed E-state index contributed by atoms with van der Waals surface area (Å²) in [7, 11) is 0. The Bertz CT molecular complexity index is 1620. The van der Waals surface area contributed by atoms with Gasteiger partial charge >= 0.3 is 18.2 Å². The number of hydrogen-bond donors (Lipinski definition) is 2. The Kier molecular flexibility index (Phi) is 8.80. The quantitative estimate of drug-likeness (QED) is 0.227. The van der Waals surface area contributed by atoms with Crippen molar-refractivity contribution in [3.63, 3.8) is 0 Å². The molecule has 1 aliphatic heterocycles. The van der Waals surface area contributed by atoms with Crippen LogP contribution in [-0.4, -0.2) is 57.8 Å². The second kappa shape index (κ2) is 12.6. The molecule has 3 aromatic heterocycles. The smallest absolute Gasteiger partial charge is 0.405 e. The zero-order valence-electron chi connectivity index (χ0n) is 24.8. The van der Waals surface area contributed by atoms with Crippen molar-refractivity contribution in [2.75, 3.05) is 29.9 Å². The summed E-state index contributed by atoms with van der Waals surface area (Å²) in [5.74, 6) is 1.07. The SMILES string of the molecule is CC(C)(C)OC(=O)CC1CCN(c2ccc(-c3ccn4c(-c5cccc(NC(=O)NCC(F)(F)F)c5)cnc4c3)cn2)CC1. The number of imidazole rings is 1. The van der Waals surface area contributed by atoms with Gasteiger partial charge in [0.2, 0.25) is 0 Å². The maximum absolute atomic E-state index is 12.4. The summed E-state index contributed by atoms with van der Waals surface area (Å²) in [6.45, 7) is 5.90. The van der Waals surface area contributed by atoms with Crippen LogP contribution in [0.15, 0.2) is 67.1 Å². The van der Waals surface area contributed by atoms with Crippen LogP contribution in [0.3, 0.4) is 0 Å². The summed E-state index contributed by atoms with van der Waals surface area (Å²) in [6.07, 6.45) is 3.21. The molecule has 9 nitrogen and oxygen atoms in total. The molecule has 0 aliphatic carbocycles. The van der Waals surface area contributed by atoms with Gasteiger partial charge in [0.05, 0.1) is 11.9 Å². The van der Waals surface area contributed by atoms with Crippen LogP contribution in [0.2, 0.25) is 0 Å². The molecule has 5 rings (SSSR count). The predicted molar refractivity (Wildman–Crippen MR) is 162 cm³/mol. The van der Waals surface area contributed by atoms with Gasteiger partial charge in [-0.05, 0) is 81.5 Å². The molecule has 1 aromatic carbocycles. The van der Waals surface area contributed by atoms with Crippen molar-refractivity contribution < 1.29 is 27.5 Å². The van der Waals surface area contributed by atoms with E-state index in [0.717, 1.165) is 54.1 Å². The number of ether oxygens (including phenoxy) is 1. The molecule has 1 fully saturated rings. The number of carbonyl (C=O) groups excluding carboxylic acids is 2. The van der Waals surface area contributed by atoms with Gasteiger partial charge in [-0.2, -0.15) is 13.2 Å². The predicted octanol–water partition coefficient (Wildman–Crippen LogP) is 6.70. The van der Waals surface area contributed by atoms with Crippen molar-refractivity contribution >= 4 is 29.2 Å². The van der Waals surface area contributed by atoms with Gasteiger partial charge in [-0.25, -0.2) is 14.8 Å². The first kappa shape index (κ1) is 30.8. The number of carbonyl (C=O) groups is 2. The molecule has 0 unspecified atom stereocenters. The number of hydrogen-bond acceptors (Lipinski definition) is 6. The number of fused-ring (bicyclic) bond motifs is 1. The second-order valence-electron chi connectivity index (χ2n) is 11.9. The molecule has 0 atom stereocenters. The minimum Gasteiger partial charge on any atom is -0.460 e. The van der Waals surface area contributed by atoms with Crippen LogP contribution in [0.25, 0.3) is 28.0 Å². The zero-order valence-corrected chi connectivity index (χ0v) is 24.8. The number of esters is 1. The maximum atomic E-state index is 12.4. The number of alkyl halides is 3. The highest BCUT2D eigenvalue weighted by molar-refractivity contribution is 5.90. The number of halogens is 3. The van der Waals surface area contributed by atoms with Crippen LogP contribution < -0.4 is 15.5 Å². The van der Waals surface area contributed by atoms with E-state index in [1.165, 1.54) is 0 Å². The minimum atomic E-state index is -4.49. The molecule has 12 heteroatoms. The van der Waals surface area contributed by atoms with Gasteiger partial charge in [-0.15, -0.1) is 0 Å². The number of anilines is 2. The summed E-state index contributed by atoms with van der Waals surface area (Å²) >= 11 is 0. The standard InChI is InChI=1S/C32H35F3N6O3/c1-31(2,3)44-29(42)15-21-9-12-40(13-10-21)27-8-7-24(18-36-27)22-11-14-41-26(19-37-28(41)17-22)23-5-4-6-25(16-23)39-30(43)38-20-32(33,34)35/h4-8,11,14,16-19,21H,9-10,12-13,15,20H2,1-3H3,(H2,38,39,43). The third-order valence-electron chi connectivity index (χ3n) is 7.27. The molecule has 0 spiro atoms. The topological polar surface area (TPSA) is 101 Å². The van der Waals surface area contributed by atoms with Gasteiger partial charge in [0.1, 0.15) is 23.6 Å². The largest absolute Gasteiger partial charge is 0.460 e. The number of urea groups is 1. The Labute approximate surface area is 253 Å². The molecule has 4 heterocycles. The third-order valence-corrected chi connectivity index (χ3v) is 7.27. The van der Waals surface area contributed by atoms with Crippen LogP contribution in [0, 0.1) is 5.92 Å². The molecule has 0 bridgehead atoms. The molecule has 232 valence electrons. The van der Waals surface area contributed by atoms with Crippen LogP contribution in [-0.2, 0) is 9.53 Å². The molecular weight excluding hydrogens is 573 g/mol. The Hall–Kier alpha value is -4.61. The molecule has 4 aromatic rings. The lowest BCUT2D eigenvalue weighted by molar-refractivity contribution is -0.156. The van der Waals surface area contributed by atoms with E-state index in [1.54, 1.807) is 29.7 Å². The number of amides is 2. The van der Waals surface area contributed by atoms with Gasteiger partial charge in [0.15, 0.2) is 0 Å². The van der Waals surface area contributed by atoms with Crippen LogP contribution >= 0.6 is 0 Å². The van der Waals surface area contributed by atoms with Gasteiger partial charge in [-0.1, -0.05) is 12.1 Å². The summed E-state index contributed by atoms with van der Waals surface area (Å²) in [4.78, 5) is 35.6. The highest BCUT2D eigenvalue weighted by Crippen LogP contribution is 2.29. The Morgan fingerprint density at radius 2 is 1.73 bits per heavy atom. The lowest BCUT2D eigenvalue weighted by Crippen LogP contribution is -2.36. The van der Waals surface area contributed by atoms with Crippen LogP contribution in [0.4, 0.5) is 29.5 Å². The number of rotatable bonds is 7. The average Bonchev–Trinajstić information content (AvgIpc) is 3.39. The molecule has 1 aliphatic rings. The lowest BCUT2D eigenvalue weighted by Gasteiger charge is -2.33. The van der Waals surface area contributed by atoms with E-state index in [1.807, 2.05) is 67.9 Å². The van der Waals surface area contributed by atoms with E-state index in [-0.39, 0.29) is 5.97 Å². The fraction of sp³-hybridized carbons (Fsp3) is 0.375. The molecule has 0 saturated carbocycles.